The maximum absolute atomic E-state index is 15.6. The highest BCUT2D eigenvalue weighted by atomic mass is 32.1. The molecular formula is C113H134F6N16O9S2. The molecule has 12 heterocycles. The van der Waals surface area contributed by atoms with Crippen molar-refractivity contribution in [2.24, 2.45) is 25.4 Å². The molecule has 3 N–H and O–H groups in total. The summed E-state index contributed by atoms with van der Waals surface area (Å²) in [6.07, 6.45) is 28.1. The van der Waals surface area contributed by atoms with Crippen LogP contribution in [0.1, 0.15) is 242 Å². The third-order valence-corrected chi connectivity index (χ3v) is 26.3. The Bertz CT molecular complexity index is 6650. The van der Waals surface area contributed by atoms with E-state index in [2.05, 4.69) is 211 Å². The zero-order valence-corrected chi connectivity index (χ0v) is 89.7. The minimum Gasteiger partial charge on any atom is -0.487 e. The lowest BCUT2D eigenvalue weighted by molar-refractivity contribution is -0.254. The summed E-state index contributed by atoms with van der Waals surface area (Å²) in [6, 6.07) is 33.6. The Kier molecular flexibility index (Phi) is 35.3. The summed E-state index contributed by atoms with van der Waals surface area (Å²) in [7, 11) is 1.89. The number of carbonyl (C=O) groups excluding carboxylic acids is 5. The summed E-state index contributed by atoms with van der Waals surface area (Å²) in [5, 5.41) is 21.4. The number of aliphatic imine (C=N–C) groups is 4. The second-order valence-corrected chi connectivity index (χ2v) is 44.9. The van der Waals surface area contributed by atoms with Crippen LogP contribution < -0.4 is 21.0 Å². The summed E-state index contributed by atoms with van der Waals surface area (Å²) in [6.45, 7) is 52.3. The van der Waals surface area contributed by atoms with Gasteiger partial charge in [-0.25, -0.2) is 29.3 Å². The van der Waals surface area contributed by atoms with Crippen LogP contribution in [0.4, 0.5) is 26.3 Å². The maximum atomic E-state index is 15.6. The van der Waals surface area contributed by atoms with Gasteiger partial charge < -0.3 is 29.7 Å². The molecule has 8 aliphatic heterocycles. The fourth-order valence-electron chi connectivity index (χ4n) is 16.0. The molecule has 17 rings (SSSR count). The highest BCUT2D eigenvalue weighted by molar-refractivity contribution is 7.16. The van der Waals surface area contributed by atoms with Crippen LogP contribution in [0.3, 0.4) is 0 Å². The molecule has 4 aromatic carbocycles. The first-order valence-corrected chi connectivity index (χ1v) is 50.4. The number of carbonyl (C=O) groups is 5. The van der Waals surface area contributed by atoms with Gasteiger partial charge in [0.05, 0.1) is 119 Å². The van der Waals surface area contributed by atoms with Crippen molar-refractivity contribution >= 4 is 97.3 Å². The quantitative estimate of drug-likeness (QED) is 0.0288. The van der Waals surface area contributed by atoms with Crippen LogP contribution in [0, 0.1) is 19.3 Å². The number of allylic oxidation sites excluding steroid dienone is 14. The molecule has 4 aromatic heterocycles. The monoisotopic (exact) mass is 2040 g/mol. The van der Waals surface area contributed by atoms with E-state index in [1.54, 1.807) is 89.7 Å². The van der Waals surface area contributed by atoms with Gasteiger partial charge in [0.1, 0.15) is 29.5 Å². The average molecular weight is 2040 g/mol. The molecule has 0 radical (unpaired) electrons. The Morgan fingerprint density at radius 1 is 0.452 bits per heavy atom. The van der Waals surface area contributed by atoms with Crippen molar-refractivity contribution in [1.82, 2.24) is 61.1 Å². The van der Waals surface area contributed by atoms with Crippen molar-refractivity contribution in [2.75, 3.05) is 46.6 Å². The molecule has 146 heavy (non-hydrogen) atoms. The van der Waals surface area contributed by atoms with Crippen molar-refractivity contribution in [1.29, 1.82) is 0 Å². The highest BCUT2D eigenvalue weighted by Crippen LogP contribution is 2.66. The van der Waals surface area contributed by atoms with Crippen LogP contribution in [0.2, 0.25) is 0 Å². The smallest absolute Gasteiger partial charge is 0.380 e. The zero-order valence-electron chi connectivity index (χ0n) is 88.0. The standard InChI is InChI=1S/C35H33N7.C34H29F6N3OS2.C14H29NO3.C12H13NO2.C10H19N3O.C8H11NO2/c1-20-25-11-13-27(36-25)21(2)29-15-17-31(38-29)34(32-18-16-30(39-32)22(3)28-14-12-26(20)37-28)24-9-7-23(8-10-24)33-19-42(41-40-33)35(4,5)6;1-19-25(15-27(45-19)21-9-7-6-8-10-21)29-30(33(37,38)34(39,40)32(29,35)36)26-16-28(46-20(26)2)22-11-13-24(14-12-22)44-18-23-17-43(42-41-23)31(3,4)5;1-14(2,3)12-18-11-10-17-9-7-13(16)6-5-8-15-4;1-12(2,3)13-10(14)8-6-4-5-7-9(8)11(13)15;1-5-6-14-8-9-7-13(12-11-9)10(2,3)4;1-8(2,3)9-6(10)4-5-7(9)11/h7-19,40-41H,1-6H3;6-17H,18H2,1-5H3;15H,5-12H2,1-4H3;4-7H,1-3H3;7H,5-6,8H2,1-4H3;4-5H,1-3H3. The molecular weight excluding hydrogens is 1900 g/mol. The molecule has 25 nitrogen and oxygen atoms in total. The number of nitrogens with one attached hydrogen (secondary N) is 3. The maximum Gasteiger partial charge on any atom is 0.380 e. The van der Waals surface area contributed by atoms with Gasteiger partial charge in [-0.2, -0.15) is 26.3 Å². The number of aromatic nitrogens is 6. The Balaban J connectivity index is 0.000000171. The molecule has 33 heteroatoms. The predicted octanol–water partition coefficient (Wildman–Crippen LogP) is 24.0. The van der Waals surface area contributed by atoms with Crippen molar-refractivity contribution in [3.63, 3.8) is 0 Å². The number of aryl methyl sites for hydroxylation is 2. The molecule has 0 fully saturated rings. The van der Waals surface area contributed by atoms with Crippen molar-refractivity contribution in [2.45, 2.75) is 251 Å². The largest absolute Gasteiger partial charge is 0.487 e. The van der Waals surface area contributed by atoms with Crippen LogP contribution in [0.25, 0.3) is 43.3 Å². The summed E-state index contributed by atoms with van der Waals surface area (Å²) < 4.78 is 118. The number of ketones is 1. The van der Waals surface area contributed by atoms with E-state index in [-0.39, 0.29) is 78.9 Å². The number of benzene rings is 4. The van der Waals surface area contributed by atoms with Gasteiger partial charge in [0.15, 0.2) is 0 Å². The second kappa shape index (κ2) is 46.0. The number of halogens is 6. The van der Waals surface area contributed by atoms with Gasteiger partial charge in [-0.05, 0) is 295 Å². The van der Waals surface area contributed by atoms with E-state index >= 15 is 26.3 Å². The molecule has 8 aromatic rings. The average Bonchev–Trinajstić information content (AvgIpc) is 1.52. The summed E-state index contributed by atoms with van der Waals surface area (Å²) >= 11 is 2.15. The number of hydrogen-bond donors (Lipinski definition) is 3. The van der Waals surface area contributed by atoms with Gasteiger partial charge in [-0.15, -0.1) is 38.4 Å². The fraction of sp³-hybridized carbons (Fsp3) is 0.407. The number of Topliss-reactive ketones (excluding diaryl/α,β-unsaturated/α-hetero) is 1. The molecule has 0 spiro atoms. The van der Waals surface area contributed by atoms with E-state index in [4.69, 9.17) is 38.9 Å². The number of hydrogen-bond acceptors (Lipinski definition) is 23. The Labute approximate surface area is 860 Å². The third kappa shape index (κ3) is 26.7. The minimum atomic E-state index is -5.63. The van der Waals surface area contributed by atoms with E-state index < -0.39 is 40.0 Å². The second-order valence-electron chi connectivity index (χ2n) is 42.4. The molecule has 0 atom stereocenters. The van der Waals surface area contributed by atoms with E-state index in [0.29, 0.717) is 82.7 Å². The number of amides is 4. The van der Waals surface area contributed by atoms with Gasteiger partial charge in [0, 0.05) is 113 Å². The van der Waals surface area contributed by atoms with Crippen LogP contribution in [-0.2, 0) is 52.9 Å². The third-order valence-electron chi connectivity index (χ3n) is 24.1. The Morgan fingerprint density at radius 2 is 0.890 bits per heavy atom. The van der Waals surface area contributed by atoms with Gasteiger partial charge in [-0.3, -0.25) is 38.8 Å². The van der Waals surface area contributed by atoms with Gasteiger partial charge >= 0.3 is 17.8 Å². The van der Waals surface area contributed by atoms with E-state index in [0.717, 1.165) is 146 Å². The number of imide groups is 2. The predicted molar refractivity (Wildman–Crippen MR) is 570 cm³/mol. The molecule has 0 saturated heterocycles. The SMILES string of the molecule is CC(C)(C)N1C(=O)C=CC1=O.CC(C)(C)N1C(=O)c2ccccc2C1=O.CC1=C2C=CC(=N2)C(C)=C2C=CC(=N2)C(c2ccc(C3=CN(C(C)(C)C)NN3)cc2)=C2C=CC(=N2)C(C)=C2C=CC1=N2.CCCOCc1cn(C(C)(C)C)nn1.CNCCCC(=O)CCOCCOCC(C)(C)C.Cc1sc(-c2ccccc2)cc1C1=C(c2cc(-c3ccc(OCc4cn(C(C)(C)C)nn4)cc3)sc2C)C(F)(F)C(F)(F)C1(F)F. The van der Waals surface area contributed by atoms with Crippen molar-refractivity contribution in [3.05, 3.63) is 289 Å². The van der Waals surface area contributed by atoms with Crippen LogP contribution in [0.15, 0.2) is 254 Å². The lowest BCUT2D eigenvalue weighted by atomic mass is 9.94. The molecule has 774 valence electrons. The van der Waals surface area contributed by atoms with Gasteiger partial charge in [-0.1, -0.05) is 105 Å². The first kappa shape index (κ1) is 112. The molecule has 0 unspecified atom stereocenters. The van der Waals surface area contributed by atoms with Crippen molar-refractivity contribution < 1.29 is 69.3 Å². The molecule has 9 aliphatic rings. The van der Waals surface area contributed by atoms with E-state index in [9.17, 15) is 24.0 Å². The van der Waals surface area contributed by atoms with Crippen LogP contribution >= 0.6 is 22.7 Å². The minimum absolute atomic E-state index is 0.00396. The molecule has 0 saturated carbocycles. The number of rotatable bonds is 24. The fourth-order valence-corrected chi connectivity index (χ4v) is 18.1. The first-order chi connectivity index (χ1) is 68.5. The number of ether oxygens (including phenoxy) is 4. The summed E-state index contributed by atoms with van der Waals surface area (Å²) in [4.78, 5) is 81.5. The summed E-state index contributed by atoms with van der Waals surface area (Å²) in [5.74, 6) is -15.9. The van der Waals surface area contributed by atoms with Crippen LogP contribution in [0.5, 0.6) is 5.75 Å². The number of nitrogens with zero attached hydrogens (tertiary/aromatic N) is 13. The van der Waals surface area contributed by atoms with Gasteiger partial charge in [0.2, 0.25) is 0 Å². The highest BCUT2D eigenvalue weighted by Gasteiger charge is 2.80. The normalized spacial score (nSPS) is 17.1. The van der Waals surface area contributed by atoms with Crippen LogP contribution in [-0.4, -0.2) is 178 Å². The molecule has 4 amide bonds. The van der Waals surface area contributed by atoms with E-state index in [1.807, 2.05) is 80.2 Å². The summed E-state index contributed by atoms with van der Waals surface area (Å²) in [5.41, 5.74) is 20.6. The number of alkyl halides is 6. The van der Waals surface area contributed by atoms with E-state index in [1.165, 1.54) is 47.9 Å². The Hall–Kier alpha value is -12.9. The van der Waals surface area contributed by atoms with Crippen molar-refractivity contribution in [3.8, 4) is 26.6 Å². The number of fused-ring (bicyclic) bond motifs is 5. The Morgan fingerprint density at radius 3 is 1.34 bits per heavy atom. The van der Waals surface area contributed by atoms with Gasteiger partial charge in [0.25, 0.3) is 23.6 Å². The first-order valence-electron chi connectivity index (χ1n) is 48.8. The lowest BCUT2D eigenvalue weighted by Crippen LogP contribution is -2.48. The zero-order chi connectivity index (χ0) is 107. The molecule has 1 aliphatic carbocycles. The lowest BCUT2D eigenvalue weighted by Gasteiger charge is -2.30. The number of hydrazine groups is 2. The number of thiophene rings is 2. The topological polar surface area (TPSA) is 279 Å². The molecule has 8 bridgehead atoms.